The standard InChI is InChI=1S/C24H27ClN2O3S/c1-30-23(29)24(17-18-8-7-9-19(25)16-18)22(28)27(15-14-26-12-5-2-6-13-26)20-10-3-4-11-21(20)31-24/h3-4,7-11,16H,2,5-6,12-15,17H2,1H3. The molecule has 0 bridgehead atoms. The van der Waals surface area contributed by atoms with E-state index >= 15 is 0 Å². The third-order valence-electron chi connectivity index (χ3n) is 5.98. The number of amides is 1. The van der Waals surface area contributed by atoms with Crippen molar-refractivity contribution in [1.29, 1.82) is 0 Å². The highest BCUT2D eigenvalue weighted by Gasteiger charge is 2.54. The van der Waals surface area contributed by atoms with E-state index in [9.17, 15) is 9.59 Å². The van der Waals surface area contributed by atoms with Gasteiger partial charge in [-0.1, -0.05) is 54.0 Å². The molecule has 5 nitrogen and oxygen atoms in total. The zero-order valence-corrected chi connectivity index (χ0v) is 19.3. The minimum absolute atomic E-state index is 0.221. The Hall–Kier alpha value is -2.02. The molecule has 1 amide bonds. The molecule has 0 aliphatic carbocycles. The van der Waals surface area contributed by atoms with Crippen LogP contribution in [0.25, 0.3) is 0 Å². The van der Waals surface area contributed by atoms with Crippen LogP contribution in [0.4, 0.5) is 5.69 Å². The first-order valence-electron chi connectivity index (χ1n) is 10.7. The summed E-state index contributed by atoms with van der Waals surface area (Å²) in [6.45, 7) is 3.45. The second-order valence-electron chi connectivity index (χ2n) is 8.05. The van der Waals surface area contributed by atoms with E-state index < -0.39 is 10.7 Å². The molecule has 0 aromatic heterocycles. The number of halogens is 1. The van der Waals surface area contributed by atoms with Gasteiger partial charge in [-0.25, -0.2) is 4.79 Å². The van der Waals surface area contributed by atoms with Gasteiger partial charge in [-0.15, -0.1) is 0 Å². The topological polar surface area (TPSA) is 49.9 Å². The third-order valence-corrected chi connectivity index (χ3v) is 7.61. The number of likely N-dealkylation sites (tertiary alicyclic amines) is 1. The highest BCUT2D eigenvalue weighted by molar-refractivity contribution is 8.02. The lowest BCUT2D eigenvalue weighted by molar-refractivity contribution is -0.147. The normalized spacial score (nSPS) is 21.6. The van der Waals surface area contributed by atoms with Gasteiger partial charge >= 0.3 is 5.97 Å². The van der Waals surface area contributed by atoms with Gasteiger partial charge in [0.05, 0.1) is 12.8 Å². The number of hydrogen-bond donors (Lipinski definition) is 0. The highest BCUT2D eigenvalue weighted by Crippen LogP contribution is 2.47. The fraction of sp³-hybridized carbons (Fsp3) is 0.417. The van der Waals surface area contributed by atoms with Gasteiger partial charge in [0, 0.05) is 29.4 Å². The number of rotatable bonds is 6. The molecule has 1 atom stereocenters. The molecule has 1 unspecified atom stereocenters. The highest BCUT2D eigenvalue weighted by atomic mass is 35.5. The van der Waals surface area contributed by atoms with Gasteiger partial charge in [-0.3, -0.25) is 4.79 Å². The van der Waals surface area contributed by atoms with Crippen molar-refractivity contribution in [2.75, 3.05) is 38.2 Å². The molecular formula is C24H27ClN2O3S. The maximum absolute atomic E-state index is 13.9. The molecule has 2 aromatic rings. The summed E-state index contributed by atoms with van der Waals surface area (Å²) in [4.78, 5) is 32.1. The van der Waals surface area contributed by atoms with Crippen LogP contribution >= 0.6 is 23.4 Å². The summed E-state index contributed by atoms with van der Waals surface area (Å²) < 4.78 is 3.79. The smallest absolute Gasteiger partial charge is 0.332 e. The molecule has 2 heterocycles. The summed E-state index contributed by atoms with van der Waals surface area (Å²) in [7, 11) is 1.34. The number of nitrogens with zero attached hydrogens (tertiary/aromatic N) is 2. The Morgan fingerprint density at radius 1 is 1.10 bits per heavy atom. The van der Waals surface area contributed by atoms with Crippen LogP contribution in [-0.4, -0.2) is 54.8 Å². The summed E-state index contributed by atoms with van der Waals surface area (Å²) in [5.41, 5.74) is 1.69. The van der Waals surface area contributed by atoms with E-state index in [1.54, 1.807) is 17.0 Å². The quantitative estimate of drug-likeness (QED) is 0.473. The maximum Gasteiger partial charge on any atom is 0.332 e. The van der Waals surface area contributed by atoms with Crippen molar-refractivity contribution in [3.05, 3.63) is 59.1 Å². The number of ether oxygens (including phenoxy) is 1. The van der Waals surface area contributed by atoms with Crippen molar-refractivity contribution in [3.8, 4) is 0 Å². The number of fused-ring (bicyclic) bond motifs is 1. The van der Waals surface area contributed by atoms with Crippen LogP contribution in [0.3, 0.4) is 0 Å². The van der Waals surface area contributed by atoms with E-state index in [1.807, 2.05) is 36.4 Å². The van der Waals surface area contributed by atoms with E-state index in [4.69, 9.17) is 16.3 Å². The number of hydrogen-bond acceptors (Lipinski definition) is 5. The first-order valence-corrected chi connectivity index (χ1v) is 11.9. The average Bonchev–Trinajstić information content (AvgIpc) is 2.79. The van der Waals surface area contributed by atoms with Gasteiger partial charge in [0.15, 0.2) is 0 Å². The van der Waals surface area contributed by atoms with Crippen LogP contribution in [0.15, 0.2) is 53.4 Å². The molecule has 2 aliphatic rings. The Morgan fingerprint density at radius 2 is 1.87 bits per heavy atom. The maximum atomic E-state index is 13.9. The van der Waals surface area contributed by atoms with Crippen LogP contribution in [-0.2, 0) is 20.7 Å². The second kappa shape index (κ2) is 9.63. The van der Waals surface area contributed by atoms with Crippen LogP contribution in [0.1, 0.15) is 24.8 Å². The Balaban J connectivity index is 1.69. The summed E-state index contributed by atoms with van der Waals surface area (Å²) in [6, 6.07) is 15.1. The van der Waals surface area contributed by atoms with Gasteiger partial charge in [0.25, 0.3) is 5.91 Å². The molecule has 0 saturated carbocycles. The first-order chi connectivity index (χ1) is 15.0. The van der Waals surface area contributed by atoms with E-state index in [1.165, 1.54) is 38.1 Å². The predicted molar refractivity (Wildman–Crippen MR) is 125 cm³/mol. The molecule has 0 spiro atoms. The van der Waals surface area contributed by atoms with Gasteiger partial charge < -0.3 is 14.5 Å². The molecule has 2 aromatic carbocycles. The first kappa shape index (κ1) is 22.2. The monoisotopic (exact) mass is 458 g/mol. The van der Waals surface area contributed by atoms with Crippen molar-refractivity contribution < 1.29 is 14.3 Å². The number of thioether (sulfide) groups is 1. The van der Waals surface area contributed by atoms with E-state index in [0.717, 1.165) is 35.8 Å². The molecular weight excluding hydrogens is 432 g/mol. The minimum Gasteiger partial charge on any atom is -0.468 e. The SMILES string of the molecule is COC(=O)C1(Cc2cccc(Cl)c2)Sc2ccccc2N(CCN2CCCCC2)C1=O. The fourth-order valence-electron chi connectivity index (χ4n) is 4.38. The van der Waals surface area contributed by atoms with Gasteiger partial charge in [-0.2, -0.15) is 0 Å². The minimum atomic E-state index is -1.38. The summed E-state index contributed by atoms with van der Waals surface area (Å²) in [5, 5.41) is 0.577. The number of esters is 1. The van der Waals surface area contributed by atoms with E-state index in [-0.39, 0.29) is 12.3 Å². The summed E-state index contributed by atoms with van der Waals surface area (Å²) >= 11 is 7.47. The molecule has 7 heteroatoms. The fourth-order valence-corrected chi connectivity index (χ4v) is 6.00. The van der Waals surface area contributed by atoms with Gasteiger partial charge in [-0.05, 0) is 55.8 Å². The zero-order chi connectivity index (χ0) is 21.8. The van der Waals surface area contributed by atoms with Crippen molar-refractivity contribution in [1.82, 2.24) is 4.90 Å². The Morgan fingerprint density at radius 3 is 2.61 bits per heavy atom. The van der Waals surface area contributed by atoms with E-state index in [2.05, 4.69) is 4.90 Å². The van der Waals surface area contributed by atoms with Crippen molar-refractivity contribution in [3.63, 3.8) is 0 Å². The van der Waals surface area contributed by atoms with Crippen molar-refractivity contribution >= 4 is 40.9 Å². The summed E-state index contributed by atoms with van der Waals surface area (Å²) in [5.74, 6) is -0.750. The second-order valence-corrected chi connectivity index (χ2v) is 9.83. The van der Waals surface area contributed by atoms with Crippen LogP contribution in [0.5, 0.6) is 0 Å². The van der Waals surface area contributed by atoms with Crippen molar-refractivity contribution in [2.45, 2.75) is 35.3 Å². The van der Waals surface area contributed by atoms with Gasteiger partial charge in [0.2, 0.25) is 4.75 Å². The molecule has 1 saturated heterocycles. The molecule has 4 rings (SSSR count). The third kappa shape index (κ3) is 4.61. The Kier molecular flexibility index (Phi) is 6.89. The molecule has 0 N–H and O–H groups in total. The largest absolute Gasteiger partial charge is 0.468 e. The lowest BCUT2D eigenvalue weighted by Gasteiger charge is -2.41. The Bertz CT molecular complexity index is 963. The summed E-state index contributed by atoms with van der Waals surface area (Å²) in [6.07, 6.45) is 3.88. The van der Waals surface area contributed by atoms with Gasteiger partial charge in [0.1, 0.15) is 0 Å². The Labute approximate surface area is 192 Å². The number of carbonyl (C=O) groups excluding carboxylic acids is 2. The molecule has 2 aliphatic heterocycles. The molecule has 0 radical (unpaired) electrons. The van der Waals surface area contributed by atoms with E-state index in [0.29, 0.717) is 11.6 Å². The van der Waals surface area contributed by atoms with Crippen LogP contribution in [0, 0.1) is 0 Å². The van der Waals surface area contributed by atoms with Crippen LogP contribution in [0.2, 0.25) is 5.02 Å². The van der Waals surface area contributed by atoms with Crippen molar-refractivity contribution in [2.24, 2.45) is 0 Å². The number of para-hydroxylation sites is 1. The molecule has 31 heavy (non-hydrogen) atoms. The lowest BCUT2D eigenvalue weighted by Crippen LogP contribution is -2.57. The lowest BCUT2D eigenvalue weighted by atomic mass is 9.95. The number of benzene rings is 2. The molecule has 164 valence electrons. The molecule has 1 fully saturated rings. The predicted octanol–water partition coefficient (Wildman–Crippen LogP) is 4.42. The average molecular weight is 459 g/mol. The number of methoxy groups -OCH3 is 1. The number of anilines is 1. The number of piperidine rings is 1. The van der Waals surface area contributed by atoms with Crippen LogP contribution < -0.4 is 4.90 Å². The number of carbonyl (C=O) groups is 2. The zero-order valence-electron chi connectivity index (χ0n) is 17.7.